The summed E-state index contributed by atoms with van der Waals surface area (Å²) in [6.45, 7) is 6.73. The van der Waals surface area contributed by atoms with Crippen LogP contribution in [0.25, 0.3) is 16.2 Å². The number of aromatic nitrogens is 2. The van der Waals surface area contributed by atoms with E-state index in [1.54, 1.807) is 11.3 Å². The second-order valence-electron chi connectivity index (χ2n) is 5.20. The van der Waals surface area contributed by atoms with Gasteiger partial charge in [-0.1, -0.05) is 6.92 Å². The molecule has 0 radical (unpaired) electrons. The van der Waals surface area contributed by atoms with E-state index in [2.05, 4.69) is 18.8 Å². The molecule has 1 aromatic carbocycles. The Morgan fingerprint density at radius 1 is 1.27 bits per heavy atom. The fourth-order valence-electron chi connectivity index (χ4n) is 2.54. The van der Waals surface area contributed by atoms with Gasteiger partial charge in [0.25, 0.3) is 0 Å². The zero-order valence-electron chi connectivity index (χ0n) is 12.9. The minimum Gasteiger partial charge on any atom is -0.494 e. The van der Waals surface area contributed by atoms with Gasteiger partial charge in [-0.25, -0.2) is 4.98 Å². The van der Waals surface area contributed by atoms with Crippen LogP contribution in [-0.2, 0) is 0 Å². The highest BCUT2D eigenvalue weighted by molar-refractivity contribution is 7.17. The van der Waals surface area contributed by atoms with E-state index in [0.717, 1.165) is 51.9 Å². The molecule has 0 amide bonds. The minimum atomic E-state index is 0.626. The number of rotatable bonds is 5. The number of benzene rings is 1. The van der Waals surface area contributed by atoms with Crippen LogP contribution in [0.5, 0.6) is 5.75 Å². The third kappa shape index (κ3) is 2.41. The molecule has 0 aliphatic carbocycles. The van der Waals surface area contributed by atoms with E-state index in [-0.39, 0.29) is 0 Å². The normalized spacial score (nSPS) is 11.0. The molecule has 4 nitrogen and oxygen atoms in total. The molecule has 0 atom stereocenters. The first-order valence-electron chi connectivity index (χ1n) is 7.32. The number of imidazole rings is 1. The van der Waals surface area contributed by atoms with Crippen LogP contribution in [0.1, 0.15) is 34.4 Å². The number of hydrogen-bond acceptors (Lipinski definition) is 4. The van der Waals surface area contributed by atoms with Crippen LogP contribution in [0.2, 0.25) is 0 Å². The van der Waals surface area contributed by atoms with Crippen molar-refractivity contribution in [2.24, 2.45) is 0 Å². The molecule has 0 saturated heterocycles. The van der Waals surface area contributed by atoms with Gasteiger partial charge in [-0.3, -0.25) is 9.20 Å². The number of hydrogen-bond donors (Lipinski definition) is 0. The van der Waals surface area contributed by atoms with Crippen molar-refractivity contribution in [2.45, 2.75) is 27.2 Å². The summed E-state index contributed by atoms with van der Waals surface area (Å²) >= 11 is 1.60. The highest BCUT2D eigenvalue weighted by Crippen LogP contribution is 2.33. The van der Waals surface area contributed by atoms with Crippen LogP contribution in [0, 0.1) is 13.8 Å². The Bertz CT molecular complexity index is 815. The molecule has 0 unspecified atom stereocenters. The van der Waals surface area contributed by atoms with Crippen molar-refractivity contribution < 1.29 is 9.53 Å². The minimum absolute atomic E-state index is 0.626. The average molecular weight is 314 g/mol. The number of ether oxygens (including phenoxy) is 1. The van der Waals surface area contributed by atoms with Crippen LogP contribution in [0.4, 0.5) is 0 Å². The van der Waals surface area contributed by atoms with Crippen molar-refractivity contribution in [2.75, 3.05) is 6.61 Å². The summed E-state index contributed by atoms with van der Waals surface area (Å²) in [6.07, 6.45) is 1.87. The maximum atomic E-state index is 11.4. The van der Waals surface area contributed by atoms with Crippen molar-refractivity contribution in [3.63, 3.8) is 0 Å². The molecule has 0 bridgehead atoms. The van der Waals surface area contributed by atoms with E-state index in [1.165, 1.54) is 0 Å². The molecule has 3 rings (SSSR count). The lowest BCUT2D eigenvalue weighted by atomic mass is 10.1. The number of nitrogens with zero attached hydrogens (tertiary/aromatic N) is 2. The van der Waals surface area contributed by atoms with Gasteiger partial charge in [0.2, 0.25) is 0 Å². The molecule has 2 heterocycles. The Morgan fingerprint density at radius 2 is 2.00 bits per heavy atom. The number of aldehydes is 1. The van der Waals surface area contributed by atoms with E-state index in [1.807, 2.05) is 35.6 Å². The second-order valence-corrected chi connectivity index (χ2v) is 6.38. The Labute approximate surface area is 133 Å². The first-order valence-corrected chi connectivity index (χ1v) is 8.14. The molecule has 22 heavy (non-hydrogen) atoms. The van der Waals surface area contributed by atoms with Crippen LogP contribution < -0.4 is 4.74 Å². The maximum Gasteiger partial charge on any atom is 0.195 e. The highest BCUT2D eigenvalue weighted by atomic mass is 32.1. The zero-order chi connectivity index (χ0) is 15.7. The molecule has 114 valence electrons. The van der Waals surface area contributed by atoms with Gasteiger partial charge in [-0.15, -0.1) is 11.3 Å². The largest absolute Gasteiger partial charge is 0.494 e. The van der Waals surface area contributed by atoms with E-state index in [0.29, 0.717) is 5.69 Å². The Hall–Kier alpha value is -2.14. The molecular formula is C17H18N2O2S. The molecule has 0 aliphatic rings. The van der Waals surface area contributed by atoms with Crippen molar-refractivity contribution in [3.8, 4) is 17.0 Å². The summed E-state index contributed by atoms with van der Waals surface area (Å²) in [5.74, 6) is 0.868. The first-order chi connectivity index (χ1) is 10.7. The van der Waals surface area contributed by atoms with Gasteiger partial charge in [0.15, 0.2) is 11.2 Å². The van der Waals surface area contributed by atoms with Crippen molar-refractivity contribution >= 4 is 22.6 Å². The fourth-order valence-corrected chi connectivity index (χ4v) is 3.59. The molecule has 0 fully saturated rings. The van der Waals surface area contributed by atoms with Gasteiger partial charge >= 0.3 is 0 Å². The molecular weight excluding hydrogens is 296 g/mol. The highest BCUT2D eigenvalue weighted by Gasteiger charge is 2.17. The number of carbonyl (C=O) groups excluding carboxylic acids is 1. The first kappa shape index (κ1) is 14.8. The summed E-state index contributed by atoms with van der Waals surface area (Å²) in [7, 11) is 0. The zero-order valence-corrected chi connectivity index (χ0v) is 13.7. The SMILES string of the molecule is CCCOc1ccc(-c2c(C)sc3nc(C)c(C=O)n23)cc1. The van der Waals surface area contributed by atoms with Crippen molar-refractivity contribution in [1.29, 1.82) is 0 Å². The van der Waals surface area contributed by atoms with Gasteiger partial charge in [0.05, 0.1) is 18.0 Å². The molecule has 5 heteroatoms. The van der Waals surface area contributed by atoms with E-state index in [4.69, 9.17) is 4.74 Å². The standard InChI is InChI=1S/C17H18N2O2S/c1-4-9-21-14-7-5-13(6-8-14)16-12(3)22-17-18-11(2)15(10-20)19(16)17/h5-8,10H,4,9H2,1-3H3. The predicted molar refractivity (Wildman–Crippen MR) is 89.2 cm³/mol. The van der Waals surface area contributed by atoms with Crippen molar-refractivity contribution in [1.82, 2.24) is 9.38 Å². The number of fused-ring (bicyclic) bond motifs is 1. The quantitative estimate of drug-likeness (QED) is 0.660. The number of aryl methyl sites for hydroxylation is 2. The topological polar surface area (TPSA) is 43.6 Å². The predicted octanol–water partition coefficient (Wildman–Crippen LogP) is 4.28. The van der Waals surface area contributed by atoms with Crippen LogP contribution in [0.3, 0.4) is 0 Å². The Kier molecular flexibility index (Phi) is 3.98. The van der Waals surface area contributed by atoms with Gasteiger partial charge in [-0.05, 0) is 50.1 Å². The van der Waals surface area contributed by atoms with Crippen LogP contribution in [0.15, 0.2) is 24.3 Å². The van der Waals surface area contributed by atoms with Gasteiger partial charge in [-0.2, -0.15) is 0 Å². The molecule has 0 N–H and O–H groups in total. The van der Waals surface area contributed by atoms with E-state index >= 15 is 0 Å². The van der Waals surface area contributed by atoms with E-state index < -0.39 is 0 Å². The monoisotopic (exact) mass is 314 g/mol. The van der Waals surface area contributed by atoms with Crippen LogP contribution >= 0.6 is 11.3 Å². The smallest absolute Gasteiger partial charge is 0.195 e. The molecule has 0 aliphatic heterocycles. The summed E-state index contributed by atoms with van der Waals surface area (Å²) in [4.78, 5) is 17.9. The van der Waals surface area contributed by atoms with Crippen LogP contribution in [-0.4, -0.2) is 22.3 Å². The lowest BCUT2D eigenvalue weighted by Gasteiger charge is -2.07. The number of carbonyl (C=O) groups is 1. The molecule has 0 saturated carbocycles. The Morgan fingerprint density at radius 3 is 2.64 bits per heavy atom. The van der Waals surface area contributed by atoms with Gasteiger partial charge in [0, 0.05) is 4.88 Å². The summed E-state index contributed by atoms with van der Waals surface area (Å²) in [6, 6.07) is 8.00. The third-order valence-electron chi connectivity index (χ3n) is 3.58. The number of thiazole rings is 1. The van der Waals surface area contributed by atoms with Gasteiger partial charge < -0.3 is 4.74 Å². The lowest BCUT2D eigenvalue weighted by molar-refractivity contribution is 0.111. The third-order valence-corrected chi connectivity index (χ3v) is 4.54. The fraction of sp³-hybridized carbons (Fsp3) is 0.294. The summed E-state index contributed by atoms with van der Waals surface area (Å²) in [5, 5.41) is 0. The second kappa shape index (κ2) is 5.93. The van der Waals surface area contributed by atoms with Gasteiger partial charge in [0.1, 0.15) is 11.4 Å². The molecule has 0 spiro atoms. The average Bonchev–Trinajstić information content (AvgIpc) is 2.98. The summed E-state index contributed by atoms with van der Waals surface area (Å²) < 4.78 is 7.57. The molecule has 2 aromatic heterocycles. The summed E-state index contributed by atoms with van der Waals surface area (Å²) in [5.41, 5.74) is 3.49. The van der Waals surface area contributed by atoms with E-state index in [9.17, 15) is 4.79 Å². The van der Waals surface area contributed by atoms with Crippen molar-refractivity contribution in [3.05, 3.63) is 40.5 Å². The maximum absolute atomic E-state index is 11.4. The lowest BCUT2D eigenvalue weighted by Crippen LogP contribution is -1.96. The Balaban J connectivity index is 2.09. The molecule has 3 aromatic rings.